The molecule has 0 spiro atoms. The second kappa shape index (κ2) is 5.27. The lowest BCUT2D eigenvalue weighted by molar-refractivity contribution is -0.112. The van der Waals surface area contributed by atoms with Crippen LogP contribution in [0.2, 0.25) is 0 Å². The molecule has 1 atom stereocenters. The fourth-order valence-electron chi connectivity index (χ4n) is 3.26. The van der Waals surface area contributed by atoms with Crippen LogP contribution in [0.15, 0.2) is 18.2 Å². The van der Waals surface area contributed by atoms with E-state index in [1.807, 2.05) is 12.1 Å². The minimum absolute atomic E-state index is 0.422. The summed E-state index contributed by atoms with van der Waals surface area (Å²) in [6.07, 6.45) is 6.13. The van der Waals surface area contributed by atoms with E-state index >= 15 is 0 Å². The third kappa shape index (κ3) is 2.19. The minimum atomic E-state index is -0.514. The van der Waals surface area contributed by atoms with Crippen LogP contribution in [0.5, 0.6) is 0 Å². The average Bonchev–Trinajstić information content (AvgIpc) is 2.66. The van der Waals surface area contributed by atoms with Gasteiger partial charge in [0.15, 0.2) is 0 Å². The number of carbonyl (C=O) groups is 2. The van der Waals surface area contributed by atoms with Crippen LogP contribution in [0.4, 0.5) is 11.4 Å². The van der Waals surface area contributed by atoms with E-state index in [2.05, 4.69) is 17.1 Å². The molecule has 0 bridgehead atoms. The summed E-state index contributed by atoms with van der Waals surface area (Å²) in [7, 11) is 0. The molecule has 4 heteroatoms. The summed E-state index contributed by atoms with van der Waals surface area (Å²) in [5.74, 6) is -0.936. The minimum Gasteiger partial charge on any atom is -0.368 e. The molecule has 0 aromatic heterocycles. The van der Waals surface area contributed by atoms with E-state index in [0.717, 1.165) is 18.7 Å². The molecule has 2 heterocycles. The highest BCUT2D eigenvalue weighted by Crippen LogP contribution is 2.32. The molecule has 0 saturated carbocycles. The van der Waals surface area contributed by atoms with Crippen LogP contribution in [-0.4, -0.2) is 24.3 Å². The first-order chi connectivity index (χ1) is 9.70. The first-order valence-corrected chi connectivity index (χ1v) is 7.47. The maximum Gasteiger partial charge on any atom is 0.296 e. The lowest BCUT2D eigenvalue weighted by Gasteiger charge is -2.31. The molecule has 2 aliphatic rings. The number of anilines is 2. The van der Waals surface area contributed by atoms with Crippen molar-refractivity contribution < 1.29 is 9.59 Å². The van der Waals surface area contributed by atoms with Crippen molar-refractivity contribution in [2.75, 3.05) is 16.8 Å². The third-order valence-electron chi connectivity index (χ3n) is 4.38. The molecule has 1 aromatic carbocycles. The van der Waals surface area contributed by atoms with E-state index in [0.29, 0.717) is 17.3 Å². The first kappa shape index (κ1) is 13.2. The molecule has 1 amide bonds. The first-order valence-electron chi connectivity index (χ1n) is 7.47. The maximum atomic E-state index is 11.6. The SMILES string of the molecule is CCC1CCCCCN1c1ccc2c(c1)NC(=O)C2=O. The maximum absolute atomic E-state index is 11.6. The Bertz CT molecular complexity index is 553. The van der Waals surface area contributed by atoms with Crippen LogP contribution in [0.25, 0.3) is 0 Å². The molecule has 0 radical (unpaired) electrons. The number of hydrogen-bond donors (Lipinski definition) is 1. The van der Waals surface area contributed by atoms with E-state index in [9.17, 15) is 9.59 Å². The van der Waals surface area contributed by atoms with Gasteiger partial charge in [-0.3, -0.25) is 9.59 Å². The van der Waals surface area contributed by atoms with E-state index in [-0.39, 0.29) is 0 Å². The summed E-state index contributed by atoms with van der Waals surface area (Å²) in [5, 5.41) is 2.66. The zero-order valence-electron chi connectivity index (χ0n) is 11.8. The van der Waals surface area contributed by atoms with Crippen molar-refractivity contribution >= 4 is 23.1 Å². The van der Waals surface area contributed by atoms with Gasteiger partial charge in [-0.15, -0.1) is 0 Å². The van der Waals surface area contributed by atoms with Gasteiger partial charge in [0.2, 0.25) is 0 Å². The number of ketones is 1. The predicted octanol–water partition coefficient (Wildman–Crippen LogP) is 2.98. The number of Topliss-reactive ketones (excluding diaryl/α,β-unsaturated/α-hetero) is 1. The van der Waals surface area contributed by atoms with E-state index < -0.39 is 11.7 Å². The number of rotatable bonds is 2. The molecule has 1 aromatic rings. The number of carbonyl (C=O) groups excluding carboxylic acids is 2. The fourth-order valence-corrected chi connectivity index (χ4v) is 3.26. The molecular weight excluding hydrogens is 252 g/mol. The molecule has 20 heavy (non-hydrogen) atoms. The summed E-state index contributed by atoms with van der Waals surface area (Å²) >= 11 is 0. The van der Waals surface area contributed by atoms with Crippen LogP contribution >= 0.6 is 0 Å². The van der Waals surface area contributed by atoms with Crippen LogP contribution in [0, 0.1) is 0 Å². The van der Waals surface area contributed by atoms with Crippen molar-refractivity contribution in [2.24, 2.45) is 0 Å². The zero-order chi connectivity index (χ0) is 14.1. The monoisotopic (exact) mass is 272 g/mol. The third-order valence-corrected chi connectivity index (χ3v) is 4.38. The molecule has 1 fully saturated rings. The summed E-state index contributed by atoms with van der Waals surface area (Å²) < 4.78 is 0. The molecule has 0 aliphatic carbocycles. The molecule has 106 valence electrons. The normalized spacial score (nSPS) is 22.4. The van der Waals surface area contributed by atoms with Gasteiger partial charge in [0.1, 0.15) is 0 Å². The van der Waals surface area contributed by atoms with Crippen molar-refractivity contribution in [1.29, 1.82) is 0 Å². The Morgan fingerprint density at radius 3 is 2.90 bits per heavy atom. The Kier molecular flexibility index (Phi) is 3.47. The largest absolute Gasteiger partial charge is 0.368 e. The second-order valence-corrected chi connectivity index (χ2v) is 5.62. The van der Waals surface area contributed by atoms with Gasteiger partial charge >= 0.3 is 0 Å². The molecule has 1 N–H and O–H groups in total. The quantitative estimate of drug-likeness (QED) is 0.842. The van der Waals surface area contributed by atoms with Crippen molar-refractivity contribution in [3.8, 4) is 0 Å². The number of nitrogens with one attached hydrogen (secondary N) is 1. The van der Waals surface area contributed by atoms with Gasteiger partial charge in [0, 0.05) is 18.3 Å². The van der Waals surface area contributed by atoms with Gasteiger partial charge in [0.05, 0.1) is 11.3 Å². The summed E-state index contributed by atoms with van der Waals surface area (Å²) in [5.41, 5.74) is 2.28. The number of fused-ring (bicyclic) bond motifs is 1. The smallest absolute Gasteiger partial charge is 0.296 e. The predicted molar refractivity (Wildman–Crippen MR) is 79.3 cm³/mol. The molecule has 1 unspecified atom stereocenters. The van der Waals surface area contributed by atoms with Crippen LogP contribution in [0.1, 0.15) is 49.4 Å². The molecular formula is C16H20N2O2. The molecule has 2 aliphatic heterocycles. The van der Waals surface area contributed by atoms with Crippen molar-refractivity contribution in [3.05, 3.63) is 23.8 Å². The van der Waals surface area contributed by atoms with Crippen LogP contribution < -0.4 is 10.2 Å². The topological polar surface area (TPSA) is 49.4 Å². The Morgan fingerprint density at radius 1 is 1.25 bits per heavy atom. The number of nitrogens with zero attached hydrogens (tertiary/aromatic N) is 1. The van der Waals surface area contributed by atoms with E-state index in [4.69, 9.17) is 0 Å². The fraction of sp³-hybridized carbons (Fsp3) is 0.500. The van der Waals surface area contributed by atoms with Gasteiger partial charge in [0.25, 0.3) is 11.7 Å². The summed E-state index contributed by atoms with van der Waals surface area (Å²) in [6, 6.07) is 6.27. The second-order valence-electron chi connectivity index (χ2n) is 5.62. The highest BCUT2D eigenvalue weighted by atomic mass is 16.2. The van der Waals surface area contributed by atoms with Gasteiger partial charge in [-0.05, 0) is 37.5 Å². The van der Waals surface area contributed by atoms with Crippen molar-refractivity contribution in [3.63, 3.8) is 0 Å². The van der Waals surface area contributed by atoms with Gasteiger partial charge in [-0.25, -0.2) is 0 Å². The van der Waals surface area contributed by atoms with Gasteiger partial charge in [-0.2, -0.15) is 0 Å². The van der Waals surface area contributed by atoms with E-state index in [1.54, 1.807) is 6.07 Å². The number of hydrogen-bond acceptors (Lipinski definition) is 3. The van der Waals surface area contributed by atoms with E-state index in [1.165, 1.54) is 25.7 Å². The molecule has 4 nitrogen and oxygen atoms in total. The summed E-state index contributed by atoms with van der Waals surface area (Å²) in [6.45, 7) is 3.28. The van der Waals surface area contributed by atoms with Gasteiger partial charge < -0.3 is 10.2 Å². The van der Waals surface area contributed by atoms with Gasteiger partial charge in [-0.1, -0.05) is 19.8 Å². The van der Waals surface area contributed by atoms with Crippen molar-refractivity contribution in [1.82, 2.24) is 0 Å². The Labute approximate surface area is 119 Å². The number of amides is 1. The standard InChI is InChI=1S/C16H20N2O2/c1-2-11-6-4-3-5-9-18(11)12-7-8-13-14(10-12)17-16(20)15(13)19/h7-8,10-11H,2-6,9H2,1H3,(H,17,19,20). The zero-order valence-corrected chi connectivity index (χ0v) is 11.8. The lowest BCUT2D eigenvalue weighted by atomic mass is 10.1. The van der Waals surface area contributed by atoms with Crippen LogP contribution in [-0.2, 0) is 4.79 Å². The Morgan fingerprint density at radius 2 is 2.10 bits per heavy atom. The highest BCUT2D eigenvalue weighted by Gasteiger charge is 2.29. The van der Waals surface area contributed by atoms with Crippen LogP contribution in [0.3, 0.4) is 0 Å². The Hall–Kier alpha value is -1.84. The lowest BCUT2D eigenvalue weighted by Crippen LogP contribution is -2.34. The number of benzene rings is 1. The molecule has 3 rings (SSSR count). The average molecular weight is 272 g/mol. The molecule has 1 saturated heterocycles. The van der Waals surface area contributed by atoms with Crippen molar-refractivity contribution in [2.45, 2.75) is 45.1 Å². The summed E-state index contributed by atoms with van der Waals surface area (Å²) in [4.78, 5) is 25.5. The Balaban J connectivity index is 1.92. The highest BCUT2D eigenvalue weighted by molar-refractivity contribution is 6.51.